The van der Waals surface area contributed by atoms with Gasteiger partial charge in [-0.05, 0) is 26.0 Å². The van der Waals surface area contributed by atoms with Crippen LogP contribution in [0, 0.1) is 13.8 Å². The minimum Gasteiger partial charge on any atom is -0.357 e. The number of fused-ring (bicyclic) bond motifs is 1. The Hall–Kier alpha value is -1.28. The Morgan fingerprint density at radius 2 is 2.00 bits per heavy atom. The van der Waals surface area contributed by atoms with Crippen LogP contribution in [0.15, 0.2) is 23.0 Å². The minimum atomic E-state index is -0.0957. The van der Waals surface area contributed by atoms with E-state index >= 15 is 0 Å². The molecule has 0 radical (unpaired) electrons. The number of aromatic amines is 1. The first-order valence-electron chi connectivity index (χ1n) is 4.38. The maximum Gasteiger partial charge on any atom is 0.208 e. The van der Waals surface area contributed by atoms with Crippen LogP contribution in [-0.4, -0.2) is 4.98 Å². The van der Waals surface area contributed by atoms with Crippen LogP contribution in [0.3, 0.4) is 0 Å². The van der Waals surface area contributed by atoms with Gasteiger partial charge in [0.1, 0.15) is 5.02 Å². The van der Waals surface area contributed by atoms with Gasteiger partial charge in [-0.15, -0.1) is 0 Å². The Kier molecular flexibility index (Phi) is 2.08. The van der Waals surface area contributed by atoms with E-state index in [1.807, 2.05) is 25.1 Å². The van der Waals surface area contributed by atoms with Crippen molar-refractivity contribution in [3.8, 4) is 0 Å². The van der Waals surface area contributed by atoms with Crippen molar-refractivity contribution in [1.82, 2.24) is 4.98 Å². The summed E-state index contributed by atoms with van der Waals surface area (Å²) < 4.78 is 0. The van der Waals surface area contributed by atoms with E-state index in [2.05, 4.69) is 4.98 Å². The molecule has 0 spiro atoms. The molecule has 2 aromatic rings. The normalized spacial score (nSPS) is 10.8. The van der Waals surface area contributed by atoms with Crippen LogP contribution >= 0.6 is 11.6 Å². The predicted octanol–water partition coefficient (Wildman–Crippen LogP) is 2.80. The van der Waals surface area contributed by atoms with Crippen LogP contribution in [0.5, 0.6) is 0 Å². The Labute approximate surface area is 86.5 Å². The van der Waals surface area contributed by atoms with Gasteiger partial charge in [-0.3, -0.25) is 4.79 Å². The molecule has 0 aliphatic heterocycles. The van der Waals surface area contributed by atoms with Gasteiger partial charge in [0.25, 0.3) is 0 Å². The zero-order valence-corrected chi connectivity index (χ0v) is 8.77. The smallest absolute Gasteiger partial charge is 0.208 e. The molecule has 0 aliphatic carbocycles. The molecule has 2 nitrogen and oxygen atoms in total. The topological polar surface area (TPSA) is 32.9 Å². The summed E-state index contributed by atoms with van der Waals surface area (Å²) in [6, 6.07) is 5.71. The molecule has 0 aliphatic rings. The highest BCUT2D eigenvalue weighted by atomic mass is 35.5. The van der Waals surface area contributed by atoms with E-state index in [1.54, 1.807) is 6.92 Å². The number of nitrogens with one attached hydrogen (secondary N) is 1. The standard InChI is InChI=1S/C11H10ClNO/c1-6-3-4-9-8(5-6)11(14)10(12)7(2)13-9/h3-5H,1-2H3,(H,13,14). The third kappa shape index (κ3) is 1.32. The number of H-pyrrole nitrogens is 1. The number of pyridine rings is 1. The Balaban J connectivity index is 2.99. The molecule has 0 atom stereocenters. The molecule has 1 heterocycles. The second kappa shape index (κ2) is 3.14. The lowest BCUT2D eigenvalue weighted by molar-refractivity contribution is 1.24. The number of halogens is 1. The van der Waals surface area contributed by atoms with E-state index < -0.39 is 0 Å². The fourth-order valence-corrected chi connectivity index (χ4v) is 1.65. The van der Waals surface area contributed by atoms with Crippen LogP contribution in [0.1, 0.15) is 11.3 Å². The van der Waals surface area contributed by atoms with Crippen LogP contribution < -0.4 is 5.43 Å². The van der Waals surface area contributed by atoms with Crippen molar-refractivity contribution in [2.24, 2.45) is 0 Å². The summed E-state index contributed by atoms with van der Waals surface area (Å²) in [5.41, 5.74) is 2.51. The van der Waals surface area contributed by atoms with Crippen molar-refractivity contribution in [1.29, 1.82) is 0 Å². The van der Waals surface area contributed by atoms with Crippen molar-refractivity contribution in [2.45, 2.75) is 13.8 Å². The molecule has 0 saturated heterocycles. The third-order valence-electron chi connectivity index (χ3n) is 2.27. The van der Waals surface area contributed by atoms with Crippen molar-refractivity contribution < 1.29 is 0 Å². The highest BCUT2D eigenvalue weighted by molar-refractivity contribution is 6.31. The van der Waals surface area contributed by atoms with E-state index in [0.29, 0.717) is 11.1 Å². The fourth-order valence-electron chi connectivity index (χ4n) is 1.50. The summed E-state index contributed by atoms with van der Waals surface area (Å²) >= 11 is 5.87. The molecule has 0 fully saturated rings. The Morgan fingerprint density at radius 3 is 2.71 bits per heavy atom. The summed E-state index contributed by atoms with van der Waals surface area (Å²) in [5.74, 6) is 0. The SMILES string of the molecule is Cc1ccc2[nH]c(C)c(Cl)c(=O)c2c1. The molecule has 72 valence electrons. The molecule has 14 heavy (non-hydrogen) atoms. The highest BCUT2D eigenvalue weighted by Crippen LogP contribution is 2.15. The summed E-state index contributed by atoms with van der Waals surface area (Å²) in [4.78, 5) is 14.8. The van der Waals surface area contributed by atoms with Crippen molar-refractivity contribution in [2.75, 3.05) is 0 Å². The van der Waals surface area contributed by atoms with Crippen molar-refractivity contribution in [3.05, 3.63) is 44.7 Å². The number of benzene rings is 1. The van der Waals surface area contributed by atoms with Gasteiger partial charge < -0.3 is 4.98 Å². The molecule has 3 heteroatoms. The second-order valence-electron chi connectivity index (χ2n) is 3.44. The van der Waals surface area contributed by atoms with Gasteiger partial charge in [-0.25, -0.2) is 0 Å². The quantitative estimate of drug-likeness (QED) is 0.708. The molecule has 0 bridgehead atoms. The van der Waals surface area contributed by atoms with Crippen LogP contribution in [0.25, 0.3) is 10.9 Å². The molecule has 0 saturated carbocycles. The summed E-state index contributed by atoms with van der Waals surface area (Å²) in [6.45, 7) is 3.75. The molecule has 1 N–H and O–H groups in total. The molecule has 2 rings (SSSR count). The summed E-state index contributed by atoms with van der Waals surface area (Å²) in [6.07, 6.45) is 0. The number of hydrogen-bond acceptors (Lipinski definition) is 1. The largest absolute Gasteiger partial charge is 0.357 e. The number of aryl methyl sites for hydroxylation is 2. The maximum absolute atomic E-state index is 11.7. The van der Waals surface area contributed by atoms with Gasteiger partial charge in [-0.1, -0.05) is 23.2 Å². The number of hydrogen-bond donors (Lipinski definition) is 1. The van der Waals surface area contributed by atoms with Crippen LogP contribution in [0.2, 0.25) is 5.02 Å². The van der Waals surface area contributed by atoms with Gasteiger partial charge >= 0.3 is 0 Å². The Bertz CT molecular complexity index is 557. The van der Waals surface area contributed by atoms with Gasteiger partial charge in [0.05, 0.1) is 0 Å². The second-order valence-corrected chi connectivity index (χ2v) is 3.82. The fraction of sp³-hybridized carbons (Fsp3) is 0.182. The van der Waals surface area contributed by atoms with Gasteiger partial charge in [-0.2, -0.15) is 0 Å². The number of aromatic nitrogens is 1. The lowest BCUT2D eigenvalue weighted by Crippen LogP contribution is -2.06. The molecule has 0 unspecified atom stereocenters. The van der Waals surface area contributed by atoms with E-state index in [0.717, 1.165) is 11.1 Å². The summed E-state index contributed by atoms with van der Waals surface area (Å²) in [5, 5.41) is 0.934. The molecular weight excluding hydrogens is 198 g/mol. The minimum absolute atomic E-state index is 0.0957. The van der Waals surface area contributed by atoms with Gasteiger partial charge in [0, 0.05) is 16.6 Å². The zero-order valence-electron chi connectivity index (χ0n) is 8.02. The van der Waals surface area contributed by atoms with Gasteiger partial charge in [0.2, 0.25) is 5.43 Å². The lowest BCUT2D eigenvalue weighted by atomic mass is 10.1. The van der Waals surface area contributed by atoms with E-state index in [9.17, 15) is 4.79 Å². The van der Waals surface area contributed by atoms with Crippen molar-refractivity contribution >= 4 is 22.5 Å². The first kappa shape index (κ1) is 9.28. The highest BCUT2D eigenvalue weighted by Gasteiger charge is 2.06. The van der Waals surface area contributed by atoms with E-state index in [1.165, 1.54) is 0 Å². The molecule has 1 aromatic heterocycles. The molecular formula is C11H10ClNO. The van der Waals surface area contributed by atoms with Crippen LogP contribution in [0.4, 0.5) is 0 Å². The third-order valence-corrected chi connectivity index (χ3v) is 2.73. The lowest BCUT2D eigenvalue weighted by Gasteiger charge is -2.03. The van der Waals surface area contributed by atoms with Crippen LogP contribution in [-0.2, 0) is 0 Å². The Morgan fingerprint density at radius 1 is 1.29 bits per heavy atom. The van der Waals surface area contributed by atoms with E-state index in [-0.39, 0.29) is 10.5 Å². The first-order valence-corrected chi connectivity index (χ1v) is 4.76. The average molecular weight is 208 g/mol. The predicted molar refractivity (Wildman–Crippen MR) is 59.1 cm³/mol. The van der Waals surface area contributed by atoms with Gasteiger partial charge in [0.15, 0.2) is 0 Å². The first-order chi connectivity index (χ1) is 6.59. The molecule has 0 amide bonds. The average Bonchev–Trinajstić information content (AvgIpc) is 2.16. The monoisotopic (exact) mass is 207 g/mol. The number of rotatable bonds is 0. The molecule has 1 aromatic carbocycles. The zero-order chi connectivity index (χ0) is 10.3. The summed E-state index contributed by atoms with van der Waals surface area (Å²) in [7, 11) is 0. The van der Waals surface area contributed by atoms with Crippen molar-refractivity contribution in [3.63, 3.8) is 0 Å². The van der Waals surface area contributed by atoms with E-state index in [4.69, 9.17) is 11.6 Å². The maximum atomic E-state index is 11.7.